The molecule has 1 aliphatic carbocycles. The summed E-state index contributed by atoms with van der Waals surface area (Å²) in [6.45, 7) is 7.86. The van der Waals surface area contributed by atoms with Gasteiger partial charge in [0.05, 0.1) is 0 Å². The fourth-order valence-electron chi connectivity index (χ4n) is 1.00. The van der Waals surface area contributed by atoms with Crippen molar-refractivity contribution in [1.29, 1.82) is 0 Å². The molecule has 0 unspecified atom stereocenters. The van der Waals surface area contributed by atoms with E-state index in [0.717, 1.165) is 12.0 Å². The highest BCUT2D eigenvalue weighted by Gasteiger charge is 2.12. The molecule has 0 saturated heterocycles. The van der Waals surface area contributed by atoms with Crippen molar-refractivity contribution in [2.75, 3.05) is 0 Å². The molecule has 1 heteroatoms. The van der Waals surface area contributed by atoms with Crippen molar-refractivity contribution < 1.29 is 4.79 Å². The Hall–Kier alpha value is -0.850. The molecule has 0 N–H and O–H groups in total. The van der Waals surface area contributed by atoms with Crippen LogP contribution in [0.3, 0.4) is 0 Å². The van der Waals surface area contributed by atoms with Crippen LogP contribution in [0, 0.1) is 5.92 Å². The fraction of sp³-hybridized carbons (Fsp3) is 0.545. The molecule has 0 spiro atoms. The lowest BCUT2D eigenvalue weighted by Gasteiger charge is -2.02. The van der Waals surface area contributed by atoms with Gasteiger partial charge in [-0.2, -0.15) is 0 Å². The number of ketones is 1. The largest absolute Gasteiger partial charge is 0.294 e. The molecule has 0 aromatic rings. The maximum Gasteiger partial charge on any atom is 0.161 e. The molecular weight excluding hydrogens is 148 g/mol. The van der Waals surface area contributed by atoms with E-state index in [1.54, 1.807) is 0 Å². The highest BCUT2D eigenvalue weighted by molar-refractivity contribution is 5.97. The third-order valence-corrected chi connectivity index (χ3v) is 1.61. The molecular formula is C11H18O. The highest BCUT2D eigenvalue weighted by Crippen LogP contribution is 2.15. The first-order valence-corrected chi connectivity index (χ1v) is 4.61. The van der Waals surface area contributed by atoms with Crippen LogP contribution in [-0.2, 0) is 4.79 Å². The smallest absolute Gasteiger partial charge is 0.161 e. The lowest BCUT2D eigenvalue weighted by atomic mass is 10.0. The van der Waals surface area contributed by atoms with Crippen LogP contribution in [0.25, 0.3) is 0 Å². The molecule has 0 heterocycles. The van der Waals surface area contributed by atoms with Crippen LogP contribution in [0.1, 0.15) is 34.1 Å². The van der Waals surface area contributed by atoms with Gasteiger partial charge in [-0.15, -0.1) is 0 Å². The molecule has 68 valence electrons. The average molecular weight is 166 g/mol. The Morgan fingerprint density at radius 1 is 1.42 bits per heavy atom. The maximum absolute atomic E-state index is 11.2. The maximum atomic E-state index is 11.2. The van der Waals surface area contributed by atoms with Crippen LogP contribution >= 0.6 is 0 Å². The molecule has 1 nitrogen and oxygen atoms in total. The molecule has 0 radical (unpaired) electrons. The fourth-order valence-corrected chi connectivity index (χ4v) is 1.00. The highest BCUT2D eigenvalue weighted by atomic mass is 16.1. The van der Waals surface area contributed by atoms with Crippen LogP contribution < -0.4 is 0 Å². The summed E-state index contributed by atoms with van der Waals surface area (Å²) in [6, 6.07) is 0. The lowest BCUT2D eigenvalue weighted by molar-refractivity contribution is -0.118. The van der Waals surface area contributed by atoms with E-state index >= 15 is 0 Å². The molecule has 0 atom stereocenters. The van der Waals surface area contributed by atoms with Gasteiger partial charge in [0.15, 0.2) is 5.78 Å². The predicted molar refractivity (Wildman–Crippen MR) is 53.0 cm³/mol. The van der Waals surface area contributed by atoms with Gasteiger partial charge >= 0.3 is 0 Å². The summed E-state index contributed by atoms with van der Waals surface area (Å²) in [7, 11) is 0. The zero-order valence-corrected chi connectivity index (χ0v) is 8.42. The van der Waals surface area contributed by atoms with Crippen molar-refractivity contribution in [1.82, 2.24) is 0 Å². The molecule has 0 fully saturated rings. The Balaban J connectivity index is 0.000000561. The summed E-state index contributed by atoms with van der Waals surface area (Å²) in [5.74, 6) is 0.427. The molecule has 12 heavy (non-hydrogen) atoms. The molecule has 0 saturated carbocycles. The summed E-state index contributed by atoms with van der Waals surface area (Å²) in [5.41, 5.74) is 0.954. The first-order valence-electron chi connectivity index (χ1n) is 4.61. The van der Waals surface area contributed by atoms with E-state index in [2.05, 4.69) is 0 Å². The average Bonchev–Trinajstić information content (AvgIpc) is 2.58. The minimum Gasteiger partial charge on any atom is -0.294 e. The molecule has 1 rings (SSSR count). The predicted octanol–water partition coefficient (Wildman–Crippen LogP) is 3.12. The van der Waals surface area contributed by atoms with Crippen molar-refractivity contribution in [2.24, 2.45) is 5.92 Å². The number of carbonyl (C=O) groups excluding carboxylic acids is 1. The minimum absolute atomic E-state index is 0.145. The topological polar surface area (TPSA) is 17.1 Å². The van der Waals surface area contributed by atoms with E-state index < -0.39 is 0 Å². The summed E-state index contributed by atoms with van der Waals surface area (Å²) in [5, 5.41) is 0. The zero-order valence-electron chi connectivity index (χ0n) is 8.42. The van der Waals surface area contributed by atoms with Crippen LogP contribution in [0.4, 0.5) is 0 Å². The second-order valence-corrected chi connectivity index (χ2v) is 2.84. The number of rotatable bonds is 2. The van der Waals surface area contributed by atoms with E-state index in [1.165, 1.54) is 0 Å². The van der Waals surface area contributed by atoms with Gasteiger partial charge in [0.25, 0.3) is 0 Å². The number of hydrogen-bond acceptors (Lipinski definition) is 1. The SMILES string of the molecule is CC.CC(C)C(=O)C1=CC=CC1. The van der Waals surface area contributed by atoms with Gasteiger partial charge in [0, 0.05) is 5.92 Å². The zero-order chi connectivity index (χ0) is 9.56. The lowest BCUT2D eigenvalue weighted by Crippen LogP contribution is -2.08. The van der Waals surface area contributed by atoms with Crippen LogP contribution in [-0.4, -0.2) is 5.78 Å². The van der Waals surface area contributed by atoms with Crippen LogP contribution in [0.5, 0.6) is 0 Å². The molecule has 0 aliphatic heterocycles. The van der Waals surface area contributed by atoms with Gasteiger partial charge in [-0.05, 0) is 12.0 Å². The summed E-state index contributed by atoms with van der Waals surface area (Å²) < 4.78 is 0. The monoisotopic (exact) mass is 166 g/mol. The Morgan fingerprint density at radius 3 is 2.33 bits per heavy atom. The molecule has 0 bridgehead atoms. The van der Waals surface area contributed by atoms with E-state index in [-0.39, 0.29) is 11.7 Å². The summed E-state index contributed by atoms with van der Waals surface area (Å²) >= 11 is 0. The number of allylic oxidation sites excluding steroid dienone is 4. The van der Waals surface area contributed by atoms with Gasteiger partial charge in [0.1, 0.15) is 0 Å². The molecule has 0 aromatic carbocycles. The minimum atomic E-state index is 0.145. The number of Topliss-reactive ketones (excluding diaryl/α,β-unsaturated/α-hetero) is 1. The quantitative estimate of drug-likeness (QED) is 0.616. The van der Waals surface area contributed by atoms with Gasteiger partial charge in [-0.1, -0.05) is 45.9 Å². The second kappa shape index (κ2) is 5.76. The summed E-state index contributed by atoms with van der Waals surface area (Å²) in [4.78, 5) is 11.2. The third kappa shape index (κ3) is 3.04. The number of hydrogen-bond donors (Lipinski definition) is 0. The van der Waals surface area contributed by atoms with E-state index in [1.807, 2.05) is 45.9 Å². The van der Waals surface area contributed by atoms with E-state index in [9.17, 15) is 4.79 Å². The van der Waals surface area contributed by atoms with Crippen molar-refractivity contribution in [2.45, 2.75) is 34.1 Å². The Labute approximate surface area is 75.2 Å². The van der Waals surface area contributed by atoms with Crippen molar-refractivity contribution >= 4 is 5.78 Å². The Bertz CT molecular complexity index is 197. The Morgan fingerprint density at radius 2 is 2.00 bits per heavy atom. The van der Waals surface area contributed by atoms with Crippen molar-refractivity contribution in [3.63, 3.8) is 0 Å². The van der Waals surface area contributed by atoms with E-state index in [4.69, 9.17) is 0 Å². The first kappa shape index (κ1) is 11.2. The van der Waals surface area contributed by atoms with Crippen LogP contribution in [0.2, 0.25) is 0 Å². The van der Waals surface area contributed by atoms with Gasteiger partial charge in [0.2, 0.25) is 0 Å². The Kier molecular flexibility index (Phi) is 5.35. The van der Waals surface area contributed by atoms with Gasteiger partial charge < -0.3 is 0 Å². The van der Waals surface area contributed by atoms with E-state index in [0.29, 0.717) is 0 Å². The normalized spacial score (nSPS) is 13.9. The molecule has 0 amide bonds. The van der Waals surface area contributed by atoms with Crippen LogP contribution in [0.15, 0.2) is 23.8 Å². The second-order valence-electron chi connectivity index (χ2n) is 2.84. The molecule has 1 aliphatic rings. The van der Waals surface area contributed by atoms with Crippen molar-refractivity contribution in [3.8, 4) is 0 Å². The first-order chi connectivity index (χ1) is 5.72. The number of carbonyl (C=O) groups is 1. The van der Waals surface area contributed by atoms with Crippen molar-refractivity contribution in [3.05, 3.63) is 23.8 Å². The molecule has 0 aromatic heterocycles. The van der Waals surface area contributed by atoms with Gasteiger partial charge in [-0.25, -0.2) is 0 Å². The summed E-state index contributed by atoms with van der Waals surface area (Å²) in [6.07, 6.45) is 6.69. The standard InChI is InChI=1S/C9H12O.C2H6/c1-7(2)9(10)8-5-3-4-6-8;1-2/h3-5,7H,6H2,1-2H3;1-2H3. The third-order valence-electron chi connectivity index (χ3n) is 1.61. The van der Waals surface area contributed by atoms with Gasteiger partial charge in [-0.3, -0.25) is 4.79 Å².